The van der Waals surface area contributed by atoms with E-state index in [1.165, 1.54) is 20.8 Å². The van der Waals surface area contributed by atoms with E-state index in [9.17, 15) is 8.42 Å². The van der Waals surface area contributed by atoms with Gasteiger partial charge in [0.05, 0.1) is 4.34 Å². The molecule has 0 saturated heterocycles. The molecule has 0 aliphatic carbocycles. The Morgan fingerprint density at radius 2 is 2.00 bits per heavy atom. The average molecular weight is 393 g/mol. The molecule has 0 radical (unpaired) electrons. The summed E-state index contributed by atoms with van der Waals surface area (Å²) in [7, 11) is -3.47. The van der Waals surface area contributed by atoms with Crippen molar-refractivity contribution in [3.8, 4) is 0 Å². The van der Waals surface area contributed by atoms with Gasteiger partial charge in [-0.1, -0.05) is 35.9 Å². The van der Waals surface area contributed by atoms with Crippen molar-refractivity contribution in [1.29, 1.82) is 0 Å². The molecule has 3 aromatic rings. The first-order valence-electron chi connectivity index (χ1n) is 7.99. The van der Waals surface area contributed by atoms with Gasteiger partial charge in [-0.05, 0) is 37.1 Å². The summed E-state index contributed by atoms with van der Waals surface area (Å²) in [4.78, 5) is 3.41. The normalized spacial score (nSPS) is 16.3. The van der Waals surface area contributed by atoms with E-state index in [1.54, 1.807) is 12.1 Å². The predicted molar refractivity (Wildman–Crippen MR) is 104 cm³/mol. The third-order valence-corrected chi connectivity index (χ3v) is 8.09. The number of halogens is 1. The Hall–Kier alpha value is -1.60. The lowest BCUT2D eigenvalue weighted by Crippen LogP contribution is -2.34. The van der Waals surface area contributed by atoms with Crippen LogP contribution in [0.4, 0.5) is 0 Å². The molecule has 1 N–H and O–H groups in total. The van der Waals surface area contributed by atoms with Gasteiger partial charge in [0.15, 0.2) is 0 Å². The summed E-state index contributed by atoms with van der Waals surface area (Å²) < 4.78 is 27.7. The van der Waals surface area contributed by atoms with E-state index in [4.69, 9.17) is 11.6 Å². The van der Waals surface area contributed by atoms with Crippen LogP contribution >= 0.6 is 22.9 Å². The van der Waals surface area contributed by atoms with Crippen LogP contribution in [0.25, 0.3) is 16.5 Å². The zero-order valence-electron chi connectivity index (χ0n) is 13.6. The maximum atomic E-state index is 12.7. The first-order valence-corrected chi connectivity index (χ1v) is 10.6. The SMILES string of the molecule is Cc1[nH]c2ccccc2c1C1=CCN(S(=O)(=O)c2ccc(Cl)s2)CC1. The smallest absolute Gasteiger partial charge is 0.252 e. The minimum absolute atomic E-state index is 0.303. The number of nitrogens with one attached hydrogen (secondary N) is 1. The number of H-pyrrole nitrogens is 1. The average Bonchev–Trinajstić information content (AvgIpc) is 3.18. The maximum absolute atomic E-state index is 12.7. The largest absolute Gasteiger partial charge is 0.358 e. The molecule has 0 saturated carbocycles. The van der Waals surface area contributed by atoms with Gasteiger partial charge >= 0.3 is 0 Å². The summed E-state index contributed by atoms with van der Waals surface area (Å²) >= 11 is 6.99. The Balaban J connectivity index is 1.65. The van der Waals surface area contributed by atoms with Crippen molar-refractivity contribution in [3.63, 3.8) is 0 Å². The Bertz CT molecular complexity index is 1080. The van der Waals surface area contributed by atoms with Crippen LogP contribution in [-0.2, 0) is 10.0 Å². The fraction of sp³-hybridized carbons (Fsp3) is 0.222. The first kappa shape index (κ1) is 16.8. The lowest BCUT2D eigenvalue weighted by atomic mass is 9.97. The number of hydrogen-bond acceptors (Lipinski definition) is 3. The fourth-order valence-corrected chi connectivity index (χ4v) is 6.37. The highest BCUT2D eigenvalue weighted by atomic mass is 35.5. The molecule has 0 unspecified atom stereocenters. The topological polar surface area (TPSA) is 53.2 Å². The molecule has 7 heteroatoms. The number of aromatic amines is 1. The number of fused-ring (bicyclic) bond motifs is 1. The highest BCUT2D eigenvalue weighted by Crippen LogP contribution is 2.34. The van der Waals surface area contributed by atoms with Crippen LogP contribution in [0.15, 0.2) is 46.7 Å². The van der Waals surface area contributed by atoms with E-state index in [0.29, 0.717) is 28.1 Å². The van der Waals surface area contributed by atoms with Gasteiger partial charge in [0.2, 0.25) is 0 Å². The standard InChI is InChI=1S/C18H17ClN2O2S2/c1-12-18(14-4-2-3-5-15(14)20-12)13-8-10-21(11-9-13)25(22,23)17-7-6-16(19)24-17/h2-8,20H,9-11H2,1H3. The highest BCUT2D eigenvalue weighted by molar-refractivity contribution is 7.91. The number of sulfonamides is 1. The minimum atomic E-state index is -3.47. The third kappa shape index (κ3) is 2.93. The van der Waals surface area contributed by atoms with E-state index in [1.807, 2.05) is 18.2 Å². The van der Waals surface area contributed by atoms with Crippen LogP contribution in [0, 0.1) is 6.92 Å². The second-order valence-corrected chi connectivity index (χ2v) is 9.95. The molecule has 0 amide bonds. The first-order chi connectivity index (χ1) is 12.0. The molecular weight excluding hydrogens is 376 g/mol. The molecule has 25 heavy (non-hydrogen) atoms. The Labute approximate surface area is 155 Å². The fourth-order valence-electron chi connectivity index (χ4n) is 3.35. The number of thiophene rings is 1. The Kier molecular flexibility index (Phi) is 4.24. The number of aryl methyl sites for hydroxylation is 1. The van der Waals surface area contributed by atoms with Crippen molar-refractivity contribution < 1.29 is 8.42 Å². The van der Waals surface area contributed by atoms with Crippen molar-refractivity contribution in [3.05, 3.63) is 58.1 Å². The molecule has 130 valence electrons. The number of rotatable bonds is 3. The summed E-state index contributed by atoms with van der Waals surface area (Å²) in [5.41, 5.74) is 4.63. The summed E-state index contributed by atoms with van der Waals surface area (Å²) in [6.07, 6.45) is 2.72. The van der Waals surface area contributed by atoms with Gasteiger partial charge < -0.3 is 4.98 Å². The third-order valence-electron chi connectivity index (χ3n) is 4.53. The number of nitrogens with zero attached hydrogens (tertiary/aromatic N) is 1. The van der Waals surface area contributed by atoms with Crippen molar-refractivity contribution in [2.75, 3.05) is 13.1 Å². The Morgan fingerprint density at radius 3 is 2.68 bits per heavy atom. The second kappa shape index (κ2) is 6.29. The van der Waals surface area contributed by atoms with Crippen LogP contribution in [0.2, 0.25) is 4.34 Å². The number of para-hydroxylation sites is 1. The second-order valence-electron chi connectivity index (χ2n) is 6.07. The lowest BCUT2D eigenvalue weighted by molar-refractivity contribution is 0.443. The van der Waals surface area contributed by atoms with Crippen LogP contribution in [0.3, 0.4) is 0 Å². The summed E-state index contributed by atoms with van der Waals surface area (Å²) in [6, 6.07) is 11.4. The zero-order valence-corrected chi connectivity index (χ0v) is 16.0. The van der Waals surface area contributed by atoms with E-state index < -0.39 is 10.0 Å². The van der Waals surface area contributed by atoms with Gasteiger partial charge in [0.25, 0.3) is 10.0 Å². The van der Waals surface area contributed by atoms with Gasteiger partial charge in [-0.25, -0.2) is 8.42 Å². The van der Waals surface area contributed by atoms with Gasteiger partial charge in [-0.3, -0.25) is 0 Å². The molecule has 2 aromatic heterocycles. The van der Waals surface area contributed by atoms with Gasteiger partial charge in [0.1, 0.15) is 4.21 Å². The van der Waals surface area contributed by atoms with Crippen molar-refractivity contribution in [2.45, 2.75) is 17.6 Å². The molecule has 1 aliphatic heterocycles. The molecule has 1 aromatic carbocycles. The van der Waals surface area contributed by atoms with Crippen molar-refractivity contribution >= 4 is 49.4 Å². The molecule has 0 bridgehead atoms. The van der Waals surface area contributed by atoms with Crippen LogP contribution in [-0.4, -0.2) is 30.8 Å². The van der Waals surface area contributed by atoms with Crippen LogP contribution < -0.4 is 0 Å². The summed E-state index contributed by atoms with van der Waals surface area (Å²) in [6.45, 7) is 2.92. The quantitative estimate of drug-likeness (QED) is 0.704. The molecule has 0 spiro atoms. The van der Waals surface area contributed by atoms with E-state index in [2.05, 4.69) is 24.0 Å². The number of aromatic nitrogens is 1. The van der Waals surface area contributed by atoms with Gasteiger partial charge in [-0.2, -0.15) is 4.31 Å². The minimum Gasteiger partial charge on any atom is -0.358 e. The molecule has 3 heterocycles. The van der Waals surface area contributed by atoms with Crippen molar-refractivity contribution in [1.82, 2.24) is 9.29 Å². The molecule has 4 rings (SSSR count). The highest BCUT2D eigenvalue weighted by Gasteiger charge is 2.28. The molecule has 1 aliphatic rings. The van der Waals surface area contributed by atoms with E-state index in [0.717, 1.165) is 22.5 Å². The summed E-state index contributed by atoms with van der Waals surface area (Å²) in [5, 5.41) is 1.19. The lowest BCUT2D eigenvalue weighted by Gasteiger charge is -2.25. The van der Waals surface area contributed by atoms with Crippen LogP contribution in [0.5, 0.6) is 0 Å². The molecule has 0 fully saturated rings. The van der Waals surface area contributed by atoms with Gasteiger partial charge in [0, 0.05) is 35.2 Å². The van der Waals surface area contributed by atoms with E-state index in [-0.39, 0.29) is 0 Å². The van der Waals surface area contributed by atoms with Crippen molar-refractivity contribution in [2.24, 2.45) is 0 Å². The zero-order chi connectivity index (χ0) is 17.6. The number of hydrogen-bond donors (Lipinski definition) is 1. The monoisotopic (exact) mass is 392 g/mol. The van der Waals surface area contributed by atoms with Crippen LogP contribution in [0.1, 0.15) is 17.7 Å². The number of benzene rings is 1. The molecule has 4 nitrogen and oxygen atoms in total. The maximum Gasteiger partial charge on any atom is 0.252 e. The molecule has 0 atom stereocenters. The predicted octanol–water partition coefficient (Wildman–Crippen LogP) is 4.67. The molecular formula is C18H17ClN2O2S2. The summed E-state index contributed by atoms with van der Waals surface area (Å²) in [5.74, 6) is 0. The van der Waals surface area contributed by atoms with Gasteiger partial charge in [-0.15, -0.1) is 11.3 Å². The Morgan fingerprint density at radius 1 is 1.20 bits per heavy atom. The van der Waals surface area contributed by atoms with E-state index >= 15 is 0 Å².